The number of hydrogen-bond donors (Lipinski definition) is 1. The van der Waals surface area contributed by atoms with Gasteiger partial charge in [-0.05, 0) is 48.9 Å². The fourth-order valence-electron chi connectivity index (χ4n) is 2.07. The number of amides is 1. The second-order valence-corrected chi connectivity index (χ2v) is 5.20. The van der Waals surface area contributed by atoms with Gasteiger partial charge in [0.05, 0.1) is 6.61 Å². The van der Waals surface area contributed by atoms with Gasteiger partial charge < -0.3 is 15.0 Å². The zero-order chi connectivity index (χ0) is 15.9. The topological polar surface area (TPSA) is 41.6 Å². The first kappa shape index (κ1) is 15.9. The number of nitrogens with one attached hydrogen (secondary N) is 1. The summed E-state index contributed by atoms with van der Waals surface area (Å²) in [5.74, 6) is 0.774. The van der Waals surface area contributed by atoms with Gasteiger partial charge in [0.1, 0.15) is 5.75 Å². The number of carbonyl (C=O) groups is 1. The third kappa shape index (κ3) is 4.25. The van der Waals surface area contributed by atoms with E-state index < -0.39 is 0 Å². The molecule has 0 radical (unpaired) electrons. The van der Waals surface area contributed by atoms with Crippen LogP contribution in [0.25, 0.3) is 0 Å². The summed E-state index contributed by atoms with van der Waals surface area (Å²) in [4.78, 5) is 14.1. The van der Waals surface area contributed by atoms with Gasteiger partial charge in [-0.2, -0.15) is 0 Å². The van der Waals surface area contributed by atoms with Crippen LogP contribution in [0, 0.1) is 0 Å². The van der Waals surface area contributed by atoms with E-state index in [-0.39, 0.29) is 5.91 Å². The number of rotatable bonds is 6. The highest BCUT2D eigenvalue weighted by Crippen LogP contribution is 2.13. The van der Waals surface area contributed by atoms with E-state index in [0.717, 1.165) is 17.0 Å². The van der Waals surface area contributed by atoms with Crippen LogP contribution in [-0.4, -0.2) is 26.6 Å². The molecule has 0 bridgehead atoms. The lowest BCUT2D eigenvalue weighted by atomic mass is 10.1. The van der Waals surface area contributed by atoms with E-state index in [9.17, 15) is 4.79 Å². The molecule has 0 aromatic heterocycles. The van der Waals surface area contributed by atoms with Crippen molar-refractivity contribution in [2.24, 2.45) is 0 Å². The van der Waals surface area contributed by atoms with E-state index in [0.29, 0.717) is 18.7 Å². The molecule has 0 atom stereocenters. The number of carbonyl (C=O) groups excluding carboxylic acids is 1. The average Bonchev–Trinajstić information content (AvgIpc) is 2.54. The molecule has 0 aliphatic heterocycles. The normalized spacial score (nSPS) is 10.1. The first-order valence-electron chi connectivity index (χ1n) is 7.37. The Bertz CT molecular complexity index is 604. The molecule has 4 heteroatoms. The highest BCUT2D eigenvalue weighted by atomic mass is 16.5. The highest BCUT2D eigenvalue weighted by Gasteiger charge is 2.05. The zero-order valence-corrected chi connectivity index (χ0v) is 13.3. The minimum absolute atomic E-state index is 0.0702. The van der Waals surface area contributed by atoms with E-state index in [1.165, 1.54) is 0 Å². The average molecular weight is 298 g/mol. The van der Waals surface area contributed by atoms with E-state index in [2.05, 4.69) is 5.32 Å². The molecule has 1 N–H and O–H groups in total. The standard InChI is InChI=1S/C18H22N2O2/c1-4-22-17-11-5-14(6-12-17)13-19-18(21)15-7-9-16(10-8-15)20(2)3/h5-12H,4,13H2,1-3H3,(H,19,21). The van der Waals surface area contributed by atoms with Crippen molar-refractivity contribution in [1.82, 2.24) is 5.32 Å². The van der Waals surface area contributed by atoms with E-state index >= 15 is 0 Å². The molecule has 0 aliphatic rings. The van der Waals surface area contributed by atoms with Gasteiger partial charge in [-0.1, -0.05) is 12.1 Å². The second kappa shape index (κ2) is 7.50. The van der Waals surface area contributed by atoms with Gasteiger partial charge in [-0.25, -0.2) is 0 Å². The minimum atomic E-state index is -0.0702. The van der Waals surface area contributed by atoms with Gasteiger partial charge in [0.2, 0.25) is 0 Å². The monoisotopic (exact) mass is 298 g/mol. The molecular formula is C18H22N2O2. The van der Waals surface area contributed by atoms with Crippen molar-refractivity contribution < 1.29 is 9.53 Å². The van der Waals surface area contributed by atoms with Crippen LogP contribution in [0.4, 0.5) is 5.69 Å². The fourth-order valence-corrected chi connectivity index (χ4v) is 2.07. The number of anilines is 1. The van der Waals surface area contributed by atoms with Gasteiger partial charge >= 0.3 is 0 Å². The van der Waals surface area contributed by atoms with Crippen LogP contribution in [0.3, 0.4) is 0 Å². The SMILES string of the molecule is CCOc1ccc(CNC(=O)c2ccc(N(C)C)cc2)cc1. The van der Waals surface area contributed by atoms with Gasteiger partial charge in [-0.15, -0.1) is 0 Å². The molecule has 2 aromatic rings. The van der Waals surface area contributed by atoms with Crippen LogP contribution >= 0.6 is 0 Å². The lowest BCUT2D eigenvalue weighted by Gasteiger charge is -2.12. The summed E-state index contributed by atoms with van der Waals surface area (Å²) >= 11 is 0. The molecule has 22 heavy (non-hydrogen) atoms. The van der Waals surface area contributed by atoms with Crippen LogP contribution in [0.5, 0.6) is 5.75 Å². The Balaban J connectivity index is 1.91. The fraction of sp³-hybridized carbons (Fsp3) is 0.278. The maximum atomic E-state index is 12.1. The Hall–Kier alpha value is -2.49. The molecule has 0 spiro atoms. The molecule has 0 saturated carbocycles. The quantitative estimate of drug-likeness (QED) is 0.891. The lowest BCUT2D eigenvalue weighted by Crippen LogP contribution is -2.22. The van der Waals surface area contributed by atoms with Gasteiger partial charge in [0.25, 0.3) is 5.91 Å². The van der Waals surface area contributed by atoms with Crippen LogP contribution in [0.15, 0.2) is 48.5 Å². The minimum Gasteiger partial charge on any atom is -0.494 e. The summed E-state index contributed by atoms with van der Waals surface area (Å²) in [6.07, 6.45) is 0. The van der Waals surface area contributed by atoms with Crippen molar-refractivity contribution in [3.8, 4) is 5.75 Å². The molecule has 0 fully saturated rings. The van der Waals surface area contributed by atoms with Crippen LogP contribution in [0.2, 0.25) is 0 Å². The zero-order valence-electron chi connectivity index (χ0n) is 13.3. The van der Waals surface area contributed by atoms with Crippen LogP contribution < -0.4 is 15.0 Å². The van der Waals surface area contributed by atoms with Gasteiger partial charge in [0, 0.05) is 31.9 Å². The number of hydrogen-bond acceptors (Lipinski definition) is 3. The molecular weight excluding hydrogens is 276 g/mol. The largest absolute Gasteiger partial charge is 0.494 e. The Morgan fingerprint density at radius 2 is 1.68 bits per heavy atom. The third-order valence-corrected chi connectivity index (χ3v) is 3.33. The van der Waals surface area contributed by atoms with Crippen molar-refractivity contribution in [3.05, 3.63) is 59.7 Å². The number of ether oxygens (including phenoxy) is 1. The van der Waals surface area contributed by atoms with E-state index in [4.69, 9.17) is 4.74 Å². The maximum absolute atomic E-state index is 12.1. The molecule has 0 unspecified atom stereocenters. The van der Waals surface area contributed by atoms with Crippen molar-refractivity contribution in [2.75, 3.05) is 25.6 Å². The summed E-state index contributed by atoms with van der Waals surface area (Å²) < 4.78 is 5.39. The van der Waals surface area contributed by atoms with Crippen molar-refractivity contribution in [3.63, 3.8) is 0 Å². The predicted octanol–water partition coefficient (Wildman–Crippen LogP) is 3.08. The smallest absolute Gasteiger partial charge is 0.251 e. The Kier molecular flexibility index (Phi) is 5.42. The maximum Gasteiger partial charge on any atom is 0.251 e. The summed E-state index contributed by atoms with van der Waals surface area (Å²) in [5.41, 5.74) is 2.78. The van der Waals surface area contributed by atoms with Gasteiger partial charge in [-0.3, -0.25) is 4.79 Å². The van der Waals surface area contributed by atoms with E-state index in [1.807, 2.05) is 74.4 Å². The molecule has 4 nitrogen and oxygen atoms in total. The van der Waals surface area contributed by atoms with Crippen molar-refractivity contribution in [2.45, 2.75) is 13.5 Å². The number of nitrogens with zero attached hydrogens (tertiary/aromatic N) is 1. The van der Waals surface area contributed by atoms with Gasteiger partial charge in [0.15, 0.2) is 0 Å². The molecule has 116 valence electrons. The Morgan fingerprint density at radius 1 is 1.05 bits per heavy atom. The van der Waals surface area contributed by atoms with Crippen LogP contribution in [0.1, 0.15) is 22.8 Å². The summed E-state index contributed by atoms with van der Waals surface area (Å²) in [5, 5.41) is 2.92. The highest BCUT2D eigenvalue weighted by molar-refractivity contribution is 5.94. The lowest BCUT2D eigenvalue weighted by molar-refractivity contribution is 0.0951. The molecule has 0 heterocycles. The Morgan fingerprint density at radius 3 is 2.23 bits per heavy atom. The van der Waals surface area contributed by atoms with Crippen molar-refractivity contribution in [1.29, 1.82) is 0 Å². The second-order valence-electron chi connectivity index (χ2n) is 5.20. The first-order valence-corrected chi connectivity index (χ1v) is 7.37. The number of benzene rings is 2. The van der Waals surface area contributed by atoms with E-state index in [1.54, 1.807) is 0 Å². The molecule has 2 aromatic carbocycles. The third-order valence-electron chi connectivity index (χ3n) is 3.33. The summed E-state index contributed by atoms with van der Waals surface area (Å²) in [7, 11) is 3.95. The van der Waals surface area contributed by atoms with Crippen molar-refractivity contribution >= 4 is 11.6 Å². The molecule has 2 rings (SSSR count). The molecule has 0 aliphatic carbocycles. The molecule has 1 amide bonds. The Labute approximate surface area is 131 Å². The summed E-state index contributed by atoms with van der Waals surface area (Å²) in [6.45, 7) is 3.11. The predicted molar refractivity (Wildman–Crippen MR) is 89.6 cm³/mol. The molecule has 0 saturated heterocycles. The van der Waals surface area contributed by atoms with Crippen LogP contribution in [-0.2, 0) is 6.54 Å². The first-order chi connectivity index (χ1) is 10.6. The summed E-state index contributed by atoms with van der Waals surface area (Å²) in [6, 6.07) is 15.3.